The third-order valence-electron chi connectivity index (χ3n) is 4.67. The van der Waals surface area contributed by atoms with Crippen LogP contribution < -0.4 is 10.1 Å². The molecule has 2 aromatic rings. The maximum absolute atomic E-state index is 13.1. The van der Waals surface area contributed by atoms with Gasteiger partial charge in [0.25, 0.3) is 5.91 Å². The highest BCUT2D eigenvalue weighted by Gasteiger charge is 2.28. The van der Waals surface area contributed by atoms with E-state index >= 15 is 0 Å². The van der Waals surface area contributed by atoms with Gasteiger partial charge in [0.2, 0.25) is 5.91 Å². The van der Waals surface area contributed by atoms with Crippen LogP contribution in [0.2, 0.25) is 10.0 Å². The van der Waals surface area contributed by atoms with E-state index in [0.29, 0.717) is 21.4 Å². The monoisotopic (exact) mass is 450 g/mol. The smallest absolute Gasteiger partial charge is 0.261 e. The Kier molecular flexibility index (Phi) is 8.56. The van der Waals surface area contributed by atoms with Crippen LogP contribution in [-0.2, 0) is 16.1 Å². The van der Waals surface area contributed by atoms with Crippen molar-refractivity contribution in [2.75, 3.05) is 6.61 Å². The summed E-state index contributed by atoms with van der Waals surface area (Å²) in [6, 6.07) is 10.1. The molecule has 0 fully saturated rings. The molecule has 0 saturated carbocycles. The molecule has 7 heteroatoms. The predicted octanol–water partition coefficient (Wildman–Crippen LogP) is 4.93. The summed E-state index contributed by atoms with van der Waals surface area (Å²) in [5, 5.41) is 3.72. The van der Waals surface area contributed by atoms with Crippen molar-refractivity contribution < 1.29 is 14.3 Å². The van der Waals surface area contributed by atoms with Crippen molar-refractivity contribution in [2.24, 2.45) is 0 Å². The van der Waals surface area contributed by atoms with Crippen LogP contribution in [-0.4, -0.2) is 35.4 Å². The zero-order valence-electron chi connectivity index (χ0n) is 18.0. The molecule has 0 aromatic heterocycles. The molecule has 0 bridgehead atoms. The van der Waals surface area contributed by atoms with Gasteiger partial charge in [-0.25, -0.2) is 0 Å². The molecular weight excluding hydrogens is 423 g/mol. The number of ether oxygens (including phenoxy) is 1. The van der Waals surface area contributed by atoms with Gasteiger partial charge in [-0.05, 0) is 58.4 Å². The number of halogens is 2. The largest absolute Gasteiger partial charge is 0.483 e. The first-order valence-corrected chi connectivity index (χ1v) is 10.6. The zero-order valence-corrected chi connectivity index (χ0v) is 19.5. The standard InChI is InChI=1S/C23H28Cl2N2O3/c1-14(2)26-23(29)17(5)27(12-18-19(24)7-6-8-20(18)25)22(28)13-30-21-10-9-15(3)11-16(21)4/h6-11,14,17H,12-13H2,1-5H3,(H,26,29). The molecule has 0 aliphatic rings. The van der Waals surface area contributed by atoms with Crippen molar-refractivity contribution in [3.8, 4) is 5.75 Å². The second kappa shape index (κ2) is 10.7. The number of carbonyl (C=O) groups is 2. The number of benzene rings is 2. The van der Waals surface area contributed by atoms with Gasteiger partial charge in [0.05, 0.1) is 0 Å². The molecule has 0 aliphatic carbocycles. The highest BCUT2D eigenvalue weighted by molar-refractivity contribution is 6.36. The van der Waals surface area contributed by atoms with E-state index < -0.39 is 6.04 Å². The van der Waals surface area contributed by atoms with Crippen LogP contribution in [0.15, 0.2) is 36.4 Å². The number of rotatable bonds is 8. The minimum absolute atomic E-state index is 0.0488. The van der Waals surface area contributed by atoms with E-state index in [-0.39, 0.29) is 31.0 Å². The van der Waals surface area contributed by atoms with Crippen LogP contribution in [0.1, 0.15) is 37.5 Å². The van der Waals surface area contributed by atoms with Crippen LogP contribution in [0.25, 0.3) is 0 Å². The molecular formula is C23H28Cl2N2O3. The molecule has 1 unspecified atom stereocenters. The number of amides is 2. The second-order valence-electron chi connectivity index (χ2n) is 7.62. The van der Waals surface area contributed by atoms with Gasteiger partial charge in [0.15, 0.2) is 6.61 Å². The Bertz CT molecular complexity index is 895. The summed E-state index contributed by atoms with van der Waals surface area (Å²) >= 11 is 12.6. The molecule has 0 heterocycles. The van der Waals surface area contributed by atoms with Crippen LogP contribution >= 0.6 is 23.2 Å². The molecule has 0 spiro atoms. The molecule has 30 heavy (non-hydrogen) atoms. The third-order valence-corrected chi connectivity index (χ3v) is 5.38. The molecule has 2 aromatic carbocycles. The van der Waals surface area contributed by atoms with Gasteiger partial charge in [0.1, 0.15) is 11.8 Å². The average Bonchev–Trinajstić information content (AvgIpc) is 2.66. The van der Waals surface area contributed by atoms with Gasteiger partial charge < -0.3 is 15.0 Å². The zero-order chi connectivity index (χ0) is 22.4. The lowest BCUT2D eigenvalue weighted by Crippen LogP contribution is -2.50. The maximum atomic E-state index is 13.1. The third kappa shape index (κ3) is 6.38. The Balaban J connectivity index is 2.24. The van der Waals surface area contributed by atoms with Crippen molar-refractivity contribution in [2.45, 2.75) is 53.2 Å². The minimum atomic E-state index is -0.727. The van der Waals surface area contributed by atoms with Crippen molar-refractivity contribution in [3.05, 3.63) is 63.1 Å². The molecule has 1 N–H and O–H groups in total. The highest BCUT2D eigenvalue weighted by Crippen LogP contribution is 2.27. The second-order valence-corrected chi connectivity index (χ2v) is 8.43. The lowest BCUT2D eigenvalue weighted by molar-refractivity contribution is -0.142. The fraction of sp³-hybridized carbons (Fsp3) is 0.391. The van der Waals surface area contributed by atoms with Crippen LogP contribution in [0.4, 0.5) is 0 Å². The normalized spacial score (nSPS) is 11.9. The van der Waals surface area contributed by atoms with E-state index in [1.54, 1.807) is 25.1 Å². The summed E-state index contributed by atoms with van der Waals surface area (Å²) in [5.74, 6) is 0.0365. The van der Waals surface area contributed by atoms with Gasteiger partial charge in [-0.15, -0.1) is 0 Å². The summed E-state index contributed by atoms with van der Waals surface area (Å²) in [4.78, 5) is 27.1. The fourth-order valence-corrected chi connectivity index (χ4v) is 3.54. The predicted molar refractivity (Wildman–Crippen MR) is 121 cm³/mol. The van der Waals surface area contributed by atoms with Crippen LogP contribution in [0.5, 0.6) is 5.75 Å². The van der Waals surface area contributed by atoms with E-state index in [4.69, 9.17) is 27.9 Å². The van der Waals surface area contributed by atoms with E-state index in [1.165, 1.54) is 4.90 Å². The van der Waals surface area contributed by atoms with Crippen molar-refractivity contribution in [3.63, 3.8) is 0 Å². The van der Waals surface area contributed by atoms with Gasteiger partial charge >= 0.3 is 0 Å². The number of aryl methyl sites for hydroxylation is 2. The van der Waals surface area contributed by atoms with E-state index in [0.717, 1.165) is 11.1 Å². The fourth-order valence-electron chi connectivity index (χ4n) is 3.03. The summed E-state index contributed by atoms with van der Waals surface area (Å²) in [5.41, 5.74) is 2.64. The number of nitrogens with one attached hydrogen (secondary N) is 1. The van der Waals surface area contributed by atoms with Crippen molar-refractivity contribution >= 4 is 35.0 Å². The van der Waals surface area contributed by atoms with Gasteiger partial charge in [0, 0.05) is 28.2 Å². The first kappa shape index (κ1) is 24.0. The minimum Gasteiger partial charge on any atom is -0.483 e. The molecule has 2 amide bonds. The average molecular weight is 451 g/mol. The Morgan fingerprint density at radius 2 is 1.70 bits per heavy atom. The summed E-state index contributed by atoms with van der Waals surface area (Å²) < 4.78 is 5.75. The molecule has 0 radical (unpaired) electrons. The number of carbonyl (C=O) groups excluding carboxylic acids is 2. The van der Waals surface area contributed by atoms with Crippen LogP contribution in [0.3, 0.4) is 0 Å². The summed E-state index contributed by atoms with van der Waals surface area (Å²) in [6.45, 7) is 9.22. The van der Waals surface area contributed by atoms with E-state index in [1.807, 2.05) is 45.9 Å². The first-order valence-electron chi connectivity index (χ1n) is 9.83. The summed E-state index contributed by atoms with van der Waals surface area (Å²) in [7, 11) is 0. The molecule has 162 valence electrons. The molecule has 5 nitrogen and oxygen atoms in total. The molecule has 2 rings (SSSR count). The first-order chi connectivity index (χ1) is 14.1. The van der Waals surface area contributed by atoms with Gasteiger partial charge in [-0.1, -0.05) is 47.0 Å². The number of hydrogen-bond acceptors (Lipinski definition) is 3. The Morgan fingerprint density at radius 1 is 1.07 bits per heavy atom. The quantitative estimate of drug-likeness (QED) is 0.619. The Labute approximate surface area is 188 Å². The maximum Gasteiger partial charge on any atom is 0.261 e. The number of hydrogen-bond donors (Lipinski definition) is 1. The lowest BCUT2D eigenvalue weighted by Gasteiger charge is -2.30. The molecule has 0 saturated heterocycles. The lowest BCUT2D eigenvalue weighted by atomic mass is 10.1. The highest BCUT2D eigenvalue weighted by atomic mass is 35.5. The van der Waals surface area contributed by atoms with Crippen LogP contribution in [0, 0.1) is 13.8 Å². The SMILES string of the molecule is Cc1ccc(OCC(=O)N(Cc2c(Cl)cccc2Cl)C(C)C(=O)NC(C)C)c(C)c1. The van der Waals surface area contributed by atoms with Gasteiger partial charge in [-0.3, -0.25) is 9.59 Å². The van der Waals surface area contributed by atoms with E-state index in [9.17, 15) is 9.59 Å². The van der Waals surface area contributed by atoms with Gasteiger partial charge in [-0.2, -0.15) is 0 Å². The topological polar surface area (TPSA) is 58.6 Å². The Morgan fingerprint density at radius 3 is 2.27 bits per heavy atom. The Hall–Kier alpha value is -2.24. The molecule has 1 atom stereocenters. The summed E-state index contributed by atoms with van der Waals surface area (Å²) in [6.07, 6.45) is 0. The van der Waals surface area contributed by atoms with E-state index in [2.05, 4.69) is 5.32 Å². The number of nitrogens with zero attached hydrogens (tertiary/aromatic N) is 1. The van der Waals surface area contributed by atoms with Crippen molar-refractivity contribution in [1.29, 1.82) is 0 Å². The van der Waals surface area contributed by atoms with Crippen molar-refractivity contribution in [1.82, 2.24) is 10.2 Å². The molecule has 0 aliphatic heterocycles.